The maximum Gasteiger partial charge on any atom is 0.251 e. The number of carbonyl (C=O) groups excluding carboxylic acids is 1. The maximum absolute atomic E-state index is 12.2. The molecule has 0 saturated heterocycles. The van der Waals surface area contributed by atoms with Gasteiger partial charge in [-0.25, -0.2) is 0 Å². The summed E-state index contributed by atoms with van der Waals surface area (Å²) in [6, 6.07) is 5.99. The van der Waals surface area contributed by atoms with Gasteiger partial charge in [-0.15, -0.1) is 0 Å². The van der Waals surface area contributed by atoms with Crippen LogP contribution in [0.3, 0.4) is 0 Å². The minimum absolute atomic E-state index is 0.00139. The SMILES string of the molecule is Cc1cc(C)c(C(=O)NCCc2ccoc2)c(C)c1. The van der Waals surface area contributed by atoms with Gasteiger partial charge >= 0.3 is 0 Å². The highest BCUT2D eigenvalue weighted by atomic mass is 16.3. The number of aryl methyl sites for hydroxylation is 3. The number of furan rings is 1. The lowest BCUT2D eigenvalue weighted by molar-refractivity contribution is 0.0953. The van der Waals surface area contributed by atoms with E-state index in [1.54, 1.807) is 12.5 Å². The van der Waals surface area contributed by atoms with Gasteiger partial charge in [0.15, 0.2) is 0 Å². The normalized spacial score (nSPS) is 10.5. The third kappa shape index (κ3) is 3.25. The van der Waals surface area contributed by atoms with Crippen LogP contribution < -0.4 is 5.32 Å². The van der Waals surface area contributed by atoms with E-state index in [1.165, 1.54) is 5.56 Å². The van der Waals surface area contributed by atoms with Crippen LogP contribution in [0.5, 0.6) is 0 Å². The van der Waals surface area contributed by atoms with Crippen LogP contribution in [0, 0.1) is 20.8 Å². The minimum atomic E-state index is -0.00139. The second-order valence-electron chi connectivity index (χ2n) is 4.91. The van der Waals surface area contributed by atoms with Gasteiger partial charge in [-0.05, 0) is 49.9 Å². The average Bonchev–Trinajstić information content (AvgIpc) is 2.80. The number of amides is 1. The van der Waals surface area contributed by atoms with Gasteiger partial charge in [-0.2, -0.15) is 0 Å². The van der Waals surface area contributed by atoms with Gasteiger partial charge in [0.2, 0.25) is 0 Å². The Bertz CT molecular complexity index is 547. The summed E-state index contributed by atoms with van der Waals surface area (Å²) in [5, 5.41) is 2.96. The summed E-state index contributed by atoms with van der Waals surface area (Å²) in [4.78, 5) is 12.2. The van der Waals surface area contributed by atoms with E-state index in [4.69, 9.17) is 4.42 Å². The number of carbonyl (C=O) groups is 1. The fourth-order valence-corrected chi connectivity index (χ4v) is 2.38. The van der Waals surface area contributed by atoms with Crippen molar-refractivity contribution in [2.45, 2.75) is 27.2 Å². The van der Waals surface area contributed by atoms with E-state index < -0.39 is 0 Å². The second kappa shape index (κ2) is 5.74. The summed E-state index contributed by atoms with van der Waals surface area (Å²) in [7, 11) is 0. The highest BCUT2D eigenvalue weighted by Gasteiger charge is 2.12. The lowest BCUT2D eigenvalue weighted by Crippen LogP contribution is -2.27. The third-order valence-corrected chi connectivity index (χ3v) is 3.18. The van der Waals surface area contributed by atoms with Crippen molar-refractivity contribution < 1.29 is 9.21 Å². The zero-order valence-electron chi connectivity index (χ0n) is 11.6. The van der Waals surface area contributed by atoms with Crippen molar-refractivity contribution in [1.29, 1.82) is 0 Å². The van der Waals surface area contributed by atoms with Crippen molar-refractivity contribution in [3.05, 3.63) is 58.5 Å². The number of hydrogen-bond acceptors (Lipinski definition) is 2. The molecule has 0 spiro atoms. The summed E-state index contributed by atoms with van der Waals surface area (Å²) in [6.45, 7) is 6.61. The Hall–Kier alpha value is -2.03. The molecule has 2 rings (SSSR count). The van der Waals surface area contributed by atoms with Crippen LogP contribution in [0.4, 0.5) is 0 Å². The number of nitrogens with one attached hydrogen (secondary N) is 1. The van der Waals surface area contributed by atoms with Crippen LogP contribution in [-0.2, 0) is 6.42 Å². The van der Waals surface area contributed by atoms with E-state index in [2.05, 4.69) is 5.32 Å². The summed E-state index contributed by atoms with van der Waals surface area (Å²) >= 11 is 0. The molecule has 3 heteroatoms. The molecule has 1 amide bonds. The third-order valence-electron chi connectivity index (χ3n) is 3.18. The quantitative estimate of drug-likeness (QED) is 0.914. The van der Waals surface area contributed by atoms with E-state index in [1.807, 2.05) is 39.0 Å². The van der Waals surface area contributed by atoms with Gasteiger partial charge in [0.1, 0.15) is 0 Å². The highest BCUT2D eigenvalue weighted by molar-refractivity contribution is 5.97. The van der Waals surface area contributed by atoms with Crippen molar-refractivity contribution in [3.63, 3.8) is 0 Å². The molecule has 19 heavy (non-hydrogen) atoms. The van der Waals surface area contributed by atoms with Gasteiger partial charge in [-0.1, -0.05) is 17.7 Å². The smallest absolute Gasteiger partial charge is 0.251 e. The van der Waals surface area contributed by atoms with Crippen molar-refractivity contribution in [1.82, 2.24) is 5.32 Å². The molecule has 1 aromatic heterocycles. The molecule has 1 heterocycles. The highest BCUT2D eigenvalue weighted by Crippen LogP contribution is 2.16. The number of benzene rings is 1. The number of rotatable bonds is 4. The molecule has 0 saturated carbocycles. The summed E-state index contributed by atoms with van der Waals surface area (Å²) in [5.74, 6) is -0.00139. The van der Waals surface area contributed by atoms with Crippen LogP contribution in [0.25, 0.3) is 0 Å². The van der Waals surface area contributed by atoms with Crippen molar-refractivity contribution >= 4 is 5.91 Å². The molecule has 100 valence electrons. The fraction of sp³-hybridized carbons (Fsp3) is 0.312. The van der Waals surface area contributed by atoms with E-state index in [0.717, 1.165) is 28.7 Å². The lowest BCUT2D eigenvalue weighted by atomic mass is 9.99. The van der Waals surface area contributed by atoms with Gasteiger partial charge in [-0.3, -0.25) is 4.79 Å². The van der Waals surface area contributed by atoms with Crippen molar-refractivity contribution in [3.8, 4) is 0 Å². The molecule has 0 fully saturated rings. The molecule has 0 atom stereocenters. The molecule has 0 unspecified atom stereocenters. The van der Waals surface area contributed by atoms with Gasteiger partial charge in [0.05, 0.1) is 12.5 Å². The zero-order valence-corrected chi connectivity index (χ0v) is 11.6. The zero-order chi connectivity index (χ0) is 13.8. The standard InChI is InChI=1S/C16H19NO2/c1-11-8-12(2)15(13(3)9-11)16(18)17-6-4-14-5-7-19-10-14/h5,7-10H,4,6H2,1-3H3,(H,17,18). The molecular formula is C16H19NO2. The fourth-order valence-electron chi connectivity index (χ4n) is 2.38. The van der Waals surface area contributed by atoms with Crippen molar-refractivity contribution in [2.75, 3.05) is 6.54 Å². The van der Waals surface area contributed by atoms with E-state index >= 15 is 0 Å². The Balaban J connectivity index is 2.00. The summed E-state index contributed by atoms with van der Waals surface area (Å²) in [5.41, 5.74) is 5.12. The average molecular weight is 257 g/mol. The van der Waals surface area contributed by atoms with E-state index in [0.29, 0.717) is 6.54 Å². The molecule has 0 bridgehead atoms. The van der Waals surface area contributed by atoms with Crippen LogP contribution in [0.1, 0.15) is 32.6 Å². The first-order valence-electron chi connectivity index (χ1n) is 6.45. The monoisotopic (exact) mass is 257 g/mol. The topological polar surface area (TPSA) is 42.2 Å². The predicted octanol–water partition coefficient (Wildman–Crippen LogP) is 3.18. The van der Waals surface area contributed by atoms with Gasteiger partial charge in [0, 0.05) is 12.1 Å². The molecule has 2 aromatic rings. The Labute approximate surface area is 113 Å². The molecule has 3 nitrogen and oxygen atoms in total. The van der Waals surface area contributed by atoms with Crippen LogP contribution >= 0.6 is 0 Å². The van der Waals surface area contributed by atoms with E-state index in [-0.39, 0.29) is 5.91 Å². The Morgan fingerprint density at radius 1 is 1.21 bits per heavy atom. The molecule has 0 aliphatic rings. The number of hydrogen-bond donors (Lipinski definition) is 1. The lowest BCUT2D eigenvalue weighted by Gasteiger charge is -2.11. The summed E-state index contributed by atoms with van der Waals surface area (Å²) in [6.07, 6.45) is 4.13. The van der Waals surface area contributed by atoms with Gasteiger partial charge < -0.3 is 9.73 Å². The first-order chi connectivity index (χ1) is 9.08. The Kier molecular flexibility index (Phi) is 4.05. The minimum Gasteiger partial charge on any atom is -0.472 e. The van der Waals surface area contributed by atoms with Crippen LogP contribution in [0.15, 0.2) is 35.1 Å². The van der Waals surface area contributed by atoms with Crippen molar-refractivity contribution in [2.24, 2.45) is 0 Å². The largest absolute Gasteiger partial charge is 0.472 e. The molecule has 1 N–H and O–H groups in total. The first kappa shape index (κ1) is 13.4. The molecular weight excluding hydrogens is 238 g/mol. The summed E-state index contributed by atoms with van der Waals surface area (Å²) < 4.78 is 5.00. The molecule has 1 aromatic carbocycles. The first-order valence-corrected chi connectivity index (χ1v) is 6.45. The molecule has 0 aliphatic carbocycles. The van der Waals surface area contributed by atoms with E-state index in [9.17, 15) is 4.79 Å². The molecule has 0 radical (unpaired) electrons. The second-order valence-corrected chi connectivity index (χ2v) is 4.91. The Morgan fingerprint density at radius 2 is 1.89 bits per heavy atom. The predicted molar refractivity (Wildman–Crippen MR) is 75.4 cm³/mol. The van der Waals surface area contributed by atoms with Gasteiger partial charge in [0.25, 0.3) is 5.91 Å². The molecule has 0 aliphatic heterocycles. The Morgan fingerprint density at radius 3 is 2.47 bits per heavy atom. The van der Waals surface area contributed by atoms with Crippen LogP contribution in [0.2, 0.25) is 0 Å². The maximum atomic E-state index is 12.2. The van der Waals surface area contributed by atoms with Crippen LogP contribution in [-0.4, -0.2) is 12.5 Å².